The van der Waals surface area contributed by atoms with Gasteiger partial charge in [-0.15, -0.1) is 0 Å². The molecule has 1 radical (unpaired) electrons. The molecule has 0 saturated carbocycles. The van der Waals surface area contributed by atoms with Crippen LogP contribution in [0.1, 0.15) is 0 Å². The molecule has 1 aromatic rings. The van der Waals surface area contributed by atoms with E-state index in [1.807, 2.05) is 18.2 Å². The highest BCUT2D eigenvalue weighted by atomic mass is 79.9. The maximum atomic E-state index is 5.26. The summed E-state index contributed by atoms with van der Waals surface area (Å²) in [6.07, 6.45) is 0. The van der Waals surface area contributed by atoms with Crippen LogP contribution in [0.2, 0.25) is 0 Å². The van der Waals surface area contributed by atoms with Crippen LogP contribution < -0.4 is 4.74 Å². The van der Waals surface area contributed by atoms with Gasteiger partial charge in [-0.1, -0.05) is 6.07 Å². The molecule has 0 saturated heterocycles. The topological polar surface area (TPSA) is 9.23 Å². The third-order valence-electron chi connectivity index (χ3n) is 1.17. The van der Waals surface area contributed by atoms with Gasteiger partial charge in [-0.2, -0.15) is 0 Å². The number of benzene rings is 1. The molecule has 1 rings (SSSR count). The average molecular weight is 279 g/mol. The zero-order valence-corrected chi connectivity index (χ0v) is 8.98. The van der Waals surface area contributed by atoms with Crippen LogP contribution in [0.15, 0.2) is 27.1 Å². The minimum Gasteiger partial charge on any atom is -0.491 e. The fourth-order valence-electron chi connectivity index (χ4n) is 0.722. The molecule has 0 heterocycles. The summed E-state index contributed by atoms with van der Waals surface area (Å²) in [7, 11) is 0. The Hall–Kier alpha value is -0.0200. The van der Waals surface area contributed by atoms with E-state index in [4.69, 9.17) is 4.74 Å². The average Bonchev–Trinajstić information content (AvgIpc) is 1.97. The molecule has 0 aromatic heterocycles. The second-order valence-electron chi connectivity index (χ2n) is 1.90. The van der Waals surface area contributed by atoms with Crippen LogP contribution in [-0.2, 0) is 0 Å². The van der Waals surface area contributed by atoms with E-state index in [0.29, 0.717) is 6.61 Å². The van der Waals surface area contributed by atoms with E-state index in [2.05, 4.69) is 38.8 Å². The molecule has 59 valence electrons. The Bertz CT molecular complexity index is 228. The molecular formula is C8H7Br2O. The summed E-state index contributed by atoms with van der Waals surface area (Å²) in [5.41, 5.74) is 0. The van der Waals surface area contributed by atoms with Crippen molar-refractivity contribution in [3.63, 3.8) is 0 Å². The smallest absolute Gasteiger partial charge is 0.147 e. The van der Waals surface area contributed by atoms with Gasteiger partial charge in [-0.05, 0) is 50.9 Å². The molecule has 0 amide bonds. The van der Waals surface area contributed by atoms with Crippen molar-refractivity contribution in [1.29, 1.82) is 0 Å². The highest BCUT2D eigenvalue weighted by Crippen LogP contribution is 2.32. The largest absolute Gasteiger partial charge is 0.491 e. The maximum absolute atomic E-state index is 5.26. The van der Waals surface area contributed by atoms with Crippen molar-refractivity contribution in [2.75, 3.05) is 6.61 Å². The second-order valence-corrected chi connectivity index (χ2v) is 3.61. The highest BCUT2D eigenvalue weighted by Gasteiger charge is 2.03. The third kappa shape index (κ3) is 2.20. The number of para-hydroxylation sites is 1. The van der Waals surface area contributed by atoms with E-state index < -0.39 is 0 Å². The summed E-state index contributed by atoms with van der Waals surface area (Å²) in [5, 5.41) is 0. The third-order valence-corrected chi connectivity index (χ3v) is 2.41. The van der Waals surface area contributed by atoms with Gasteiger partial charge in [-0.25, -0.2) is 0 Å². The zero-order chi connectivity index (χ0) is 8.27. The van der Waals surface area contributed by atoms with Crippen LogP contribution in [0.5, 0.6) is 5.75 Å². The first-order valence-electron chi connectivity index (χ1n) is 3.11. The van der Waals surface area contributed by atoms with E-state index in [-0.39, 0.29) is 0 Å². The van der Waals surface area contributed by atoms with Gasteiger partial charge in [0.1, 0.15) is 5.75 Å². The van der Waals surface area contributed by atoms with Gasteiger partial charge in [0.15, 0.2) is 0 Å². The lowest BCUT2D eigenvalue weighted by Gasteiger charge is -2.06. The first-order valence-corrected chi connectivity index (χ1v) is 4.70. The molecule has 0 bridgehead atoms. The van der Waals surface area contributed by atoms with Crippen LogP contribution in [0.25, 0.3) is 0 Å². The van der Waals surface area contributed by atoms with Crippen molar-refractivity contribution in [3.05, 3.63) is 34.1 Å². The standard InChI is InChI=1S/C8H7Br2O/c1-2-11-8-6(9)4-3-5-7(8)10/h3-5H,1-2H2. The minimum atomic E-state index is 0.432. The van der Waals surface area contributed by atoms with Crippen LogP contribution in [-0.4, -0.2) is 6.61 Å². The summed E-state index contributed by atoms with van der Waals surface area (Å²) in [4.78, 5) is 0. The number of hydrogen-bond acceptors (Lipinski definition) is 1. The number of ether oxygens (including phenoxy) is 1. The Morgan fingerprint density at radius 2 is 1.82 bits per heavy atom. The van der Waals surface area contributed by atoms with Crippen molar-refractivity contribution >= 4 is 31.9 Å². The SMILES string of the molecule is [CH2]COc1c(Br)cccc1Br. The molecule has 0 N–H and O–H groups in total. The molecule has 0 atom stereocenters. The van der Waals surface area contributed by atoms with Crippen LogP contribution in [0.3, 0.4) is 0 Å². The normalized spacial score (nSPS) is 9.73. The highest BCUT2D eigenvalue weighted by molar-refractivity contribution is 9.11. The molecule has 0 spiro atoms. The Labute approximate surface area is 83.0 Å². The van der Waals surface area contributed by atoms with Gasteiger partial charge < -0.3 is 4.74 Å². The van der Waals surface area contributed by atoms with Gasteiger partial charge in [0.25, 0.3) is 0 Å². The predicted molar refractivity (Wildman–Crippen MR) is 52.7 cm³/mol. The molecule has 1 nitrogen and oxygen atoms in total. The monoisotopic (exact) mass is 277 g/mol. The Kier molecular flexibility index (Phi) is 3.40. The van der Waals surface area contributed by atoms with Crippen molar-refractivity contribution in [3.8, 4) is 5.75 Å². The van der Waals surface area contributed by atoms with Crippen LogP contribution in [0, 0.1) is 6.92 Å². The number of hydrogen-bond donors (Lipinski definition) is 0. The quantitative estimate of drug-likeness (QED) is 0.805. The van der Waals surface area contributed by atoms with E-state index in [0.717, 1.165) is 14.7 Å². The van der Waals surface area contributed by atoms with Gasteiger partial charge >= 0.3 is 0 Å². The summed E-state index contributed by atoms with van der Waals surface area (Å²) in [5.74, 6) is 0.808. The van der Waals surface area contributed by atoms with Gasteiger partial charge in [-0.3, -0.25) is 0 Å². The number of halogens is 2. The number of rotatable bonds is 2. The zero-order valence-electron chi connectivity index (χ0n) is 5.81. The van der Waals surface area contributed by atoms with E-state index in [1.165, 1.54) is 0 Å². The van der Waals surface area contributed by atoms with E-state index in [1.54, 1.807) is 0 Å². The fourth-order valence-corrected chi connectivity index (χ4v) is 1.95. The molecule has 1 aromatic carbocycles. The van der Waals surface area contributed by atoms with Crippen molar-refractivity contribution in [2.24, 2.45) is 0 Å². The summed E-state index contributed by atoms with van der Waals surface area (Å²) in [6.45, 7) is 4.03. The van der Waals surface area contributed by atoms with Gasteiger partial charge in [0, 0.05) is 0 Å². The first kappa shape index (κ1) is 9.07. The lowest BCUT2D eigenvalue weighted by Crippen LogP contribution is -1.93. The lowest BCUT2D eigenvalue weighted by atomic mass is 10.3. The van der Waals surface area contributed by atoms with Crippen LogP contribution in [0.4, 0.5) is 0 Å². The van der Waals surface area contributed by atoms with Crippen molar-refractivity contribution in [1.82, 2.24) is 0 Å². The molecule has 0 aliphatic heterocycles. The van der Waals surface area contributed by atoms with Crippen LogP contribution >= 0.6 is 31.9 Å². The van der Waals surface area contributed by atoms with E-state index >= 15 is 0 Å². The van der Waals surface area contributed by atoms with E-state index in [9.17, 15) is 0 Å². The lowest BCUT2D eigenvalue weighted by molar-refractivity contribution is 0.356. The molecule has 0 unspecified atom stereocenters. The Morgan fingerprint density at radius 1 is 1.27 bits per heavy atom. The molecular weight excluding hydrogens is 272 g/mol. The predicted octanol–water partition coefficient (Wildman–Crippen LogP) is 3.42. The molecule has 0 aliphatic rings. The van der Waals surface area contributed by atoms with Crippen molar-refractivity contribution < 1.29 is 4.74 Å². The summed E-state index contributed by atoms with van der Waals surface area (Å²) in [6, 6.07) is 5.79. The molecule has 0 aliphatic carbocycles. The Balaban J connectivity index is 3.00. The van der Waals surface area contributed by atoms with Gasteiger partial charge in [0.05, 0.1) is 15.6 Å². The maximum Gasteiger partial charge on any atom is 0.147 e. The minimum absolute atomic E-state index is 0.432. The second kappa shape index (κ2) is 4.12. The first-order chi connectivity index (χ1) is 5.25. The van der Waals surface area contributed by atoms with Gasteiger partial charge in [0.2, 0.25) is 0 Å². The molecule has 3 heteroatoms. The molecule has 0 fully saturated rings. The summed E-state index contributed by atoms with van der Waals surface area (Å²) < 4.78 is 7.14. The Morgan fingerprint density at radius 3 is 2.27 bits per heavy atom. The summed E-state index contributed by atoms with van der Waals surface area (Å²) >= 11 is 6.73. The fraction of sp³-hybridized carbons (Fsp3) is 0.125. The van der Waals surface area contributed by atoms with Crippen molar-refractivity contribution in [2.45, 2.75) is 0 Å². The molecule has 11 heavy (non-hydrogen) atoms.